The molecule has 4 nitrogen and oxygen atoms in total. The summed E-state index contributed by atoms with van der Waals surface area (Å²) >= 11 is 0. The third-order valence-corrected chi connectivity index (χ3v) is 2.94. The van der Waals surface area contributed by atoms with Crippen molar-refractivity contribution in [2.24, 2.45) is 0 Å². The number of carbonyl (C=O) groups excluding carboxylic acids is 1. The average Bonchev–Trinajstić information content (AvgIpc) is 2.30. The van der Waals surface area contributed by atoms with Crippen LogP contribution in [0, 0.1) is 0 Å². The van der Waals surface area contributed by atoms with E-state index in [1.807, 2.05) is 14.0 Å². The Labute approximate surface area is 98.3 Å². The van der Waals surface area contributed by atoms with Crippen molar-refractivity contribution in [3.63, 3.8) is 0 Å². The molecule has 0 saturated carbocycles. The molecule has 1 heterocycles. The lowest BCUT2D eigenvalue weighted by molar-refractivity contribution is -0.132. The van der Waals surface area contributed by atoms with Crippen molar-refractivity contribution >= 4 is 5.91 Å². The van der Waals surface area contributed by atoms with E-state index in [2.05, 4.69) is 5.32 Å². The summed E-state index contributed by atoms with van der Waals surface area (Å²) in [5.74, 6) is 0.204. The van der Waals surface area contributed by atoms with E-state index in [1.165, 1.54) is 6.42 Å². The van der Waals surface area contributed by atoms with Crippen molar-refractivity contribution in [3.8, 4) is 0 Å². The highest BCUT2D eigenvalue weighted by atomic mass is 16.5. The standard InChI is InChI=1S/C12H24N2O2/c1-3-13-8-7-12(15)14(2)10-11-6-4-5-9-16-11/h11,13H,3-10H2,1-2H3. The van der Waals surface area contributed by atoms with E-state index in [9.17, 15) is 4.79 Å². The fourth-order valence-corrected chi connectivity index (χ4v) is 1.92. The smallest absolute Gasteiger partial charge is 0.223 e. The summed E-state index contributed by atoms with van der Waals surface area (Å²) in [6, 6.07) is 0. The van der Waals surface area contributed by atoms with Gasteiger partial charge in [0.15, 0.2) is 0 Å². The second-order valence-electron chi connectivity index (χ2n) is 4.37. The molecule has 1 aliphatic heterocycles. The van der Waals surface area contributed by atoms with Crippen LogP contribution in [0.2, 0.25) is 0 Å². The number of nitrogens with one attached hydrogen (secondary N) is 1. The molecule has 0 aromatic carbocycles. The lowest BCUT2D eigenvalue weighted by Gasteiger charge is -2.27. The number of hydrogen-bond acceptors (Lipinski definition) is 3. The van der Waals surface area contributed by atoms with Gasteiger partial charge in [-0.15, -0.1) is 0 Å². The molecule has 0 aromatic rings. The first kappa shape index (κ1) is 13.5. The van der Waals surface area contributed by atoms with Gasteiger partial charge in [-0.05, 0) is 25.8 Å². The van der Waals surface area contributed by atoms with E-state index in [-0.39, 0.29) is 12.0 Å². The predicted octanol–water partition coefficient (Wildman–Crippen LogP) is 1.01. The molecule has 1 rings (SSSR count). The van der Waals surface area contributed by atoms with E-state index in [0.29, 0.717) is 6.42 Å². The maximum absolute atomic E-state index is 11.7. The number of rotatable bonds is 6. The van der Waals surface area contributed by atoms with Gasteiger partial charge in [-0.1, -0.05) is 6.92 Å². The Bertz CT molecular complexity index is 203. The maximum atomic E-state index is 11.7. The molecule has 0 aliphatic carbocycles. The zero-order chi connectivity index (χ0) is 11.8. The van der Waals surface area contributed by atoms with E-state index in [4.69, 9.17) is 4.74 Å². The fourth-order valence-electron chi connectivity index (χ4n) is 1.92. The van der Waals surface area contributed by atoms with Crippen LogP contribution in [0.25, 0.3) is 0 Å². The number of hydrogen-bond donors (Lipinski definition) is 1. The second kappa shape index (κ2) is 7.63. The Morgan fingerprint density at radius 3 is 2.94 bits per heavy atom. The van der Waals surface area contributed by atoms with Crippen molar-refractivity contribution in [1.29, 1.82) is 0 Å². The zero-order valence-electron chi connectivity index (χ0n) is 10.5. The van der Waals surface area contributed by atoms with Gasteiger partial charge in [0.25, 0.3) is 0 Å². The SMILES string of the molecule is CCNCCC(=O)N(C)CC1CCCCO1. The van der Waals surface area contributed by atoms with Crippen LogP contribution >= 0.6 is 0 Å². The normalized spacial score (nSPS) is 20.8. The maximum Gasteiger partial charge on any atom is 0.223 e. The minimum atomic E-state index is 0.204. The van der Waals surface area contributed by atoms with E-state index in [1.54, 1.807) is 4.90 Å². The summed E-state index contributed by atoms with van der Waals surface area (Å²) in [5.41, 5.74) is 0. The first-order valence-corrected chi connectivity index (χ1v) is 6.30. The first-order chi connectivity index (χ1) is 7.74. The molecular weight excluding hydrogens is 204 g/mol. The van der Waals surface area contributed by atoms with Crippen molar-refractivity contribution in [1.82, 2.24) is 10.2 Å². The van der Waals surface area contributed by atoms with Crippen LogP contribution in [0.5, 0.6) is 0 Å². The molecule has 1 N–H and O–H groups in total. The lowest BCUT2D eigenvalue weighted by atomic mass is 10.1. The van der Waals surface area contributed by atoms with Gasteiger partial charge in [0.1, 0.15) is 0 Å². The highest BCUT2D eigenvalue weighted by Gasteiger charge is 2.18. The predicted molar refractivity (Wildman–Crippen MR) is 64.4 cm³/mol. The summed E-state index contributed by atoms with van der Waals surface area (Å²) in [7, 11) is 1.87. The van der Waals surface area contributed by atoms with Crippen molar-refractivity contribution in [3.05, 3.63) is 0 Å². The minimum Gasteiger partial charge on any atom is -0.376 e. The van der Waals surface area contributed by atoms with Crippen LogP contribution in [0.15, 0.2) is 0 Å². The molecule has 1 saturated heterocycles. The molecule has 1 atom stereocenters. The van der Waals surface area contributed by atoms with Crippen molar-refractivity contribution in [2.45, 2.75) is 38.7 Å². The Hall–Kier alpha value is -0.610. The quantitative estimate of drug-likeness (QED) is 0.690. The Balaban J connectivity index is 2.16. The van der Waals surface area contributed by atoms with Gasteiger partial charge in [0, 0.05) is 33.2 Å². The van der Waals surface area contributed by atoms with E-state index in [0.717, 1.165) is 39.1 Å². The summed E-state index contributed by atoms with van der Waals surface area (Å²) < 4.78 is 5.61. The Kier molecular flexibility index (Phi) is 6.42. The van der Waals surface area contributed by atoms with Crippen molar-refractivity contribution < 1.29 is 9.53 Å². The van der Waals surface area contributed by atoms with E-state index >= 15 is 0 Å². The van der Waals surface area contributed by atoms with Gasteiger partial charge >= 0.3 is 0 Å². The summed E-state index contributed by atoms with van der Waals surface area (Å²) in [5, 5.41) is 3.16. The molecule has 16 heavy (non-hydrogen) atoms. The largest absolute Gasteiger partial charge is 0.376 e. The Morgan fingerprint density at radius 2 is 2.31 bits per heavy atom. The molecule has 1 fully saturated rings. The summed E-state index contributed by atoms with van der Waals surface area (Å²) in [6.45, 7) is 5.33. The van der Waals surface area contributed by atoms with Gasteiger partial charge in [-0.2, -0.15) is 0 Å². The molecule has 0 spiro atoms. The molecular formula is C12H24N2O2. The van der Waals surface area contributed by atoms with Crippen LogP contribution in [-0.2, 0) is 9.53 Å². The molecule has 0 aromatic heterocycles. The van der Waals surface area contributed by atoms with E-state index < -0.39 is 0 Å². The molecule has 4 heteroatoms. The average molecular weight is 228 g/mol. The summed E-state index contributed by atoms with van der Waals surface area (Å²) in [6.07, 6.45) is 4.31. The number of amides is 1. The van der Waals surface area contributed by atoms with Gasteiger partial charge in [-0.3, -0.25) is 4.79 Å². The van der Waals surface area contributed by atoms with Crippen LogP contribution in [0.1, 0.15) is 32.6 Å². The van der Waals surface area contributed by atoms with Crippen LogP contribution in [0.4, 0.5) is 0 Å². The number of likely N-dealkylation sites (N-methyl/N-ethyl adjacent to an activating group) is 1. The number of ether oxygens (including phenoxy) is 1. The first-order valence-electron chi connectivity index (χ1n) is 6.30. The molecule has 1 amide bonds. The zero-order valence-corrected chi connectivity index (χ0v) is 10.5. The topological polar surface area (TPSA) is 41.6 Å². The van der Waals surface area contributed by atoms with Gasteiger partial charge < -0.3 is 15.0 Å². The molecule has 1 unspecified atom stereocenters. The molecule has 94 valence electrons. The number of carbonyl (C=O) groups is 1. The monoisotopic (exact) mass is 228 g/mol. The number of nitrogens with zero attached hydrogens (tertiary/aromatic N) is 1. The third-order valence-electron chi connectivity index (χ3n) is 2.94. The lowest BCUT2D eigenvalue weighted by Crippen LogP contribution is -2.38. The summed E-state index contributed by atoms with van der Waals surface area (Å²) in [4.78, 5) is 13.5. The van der Waals surface area contributed by atoms with Crippen molar-refractivity contribution in [2.75, 3.05) is 33.3 Å². The highest BCUT2D eigenvalue weighted by Crippen LogP contribution is 2.13. The van der Waals surface area contributed by atoms with Crippen LogP contribution in [-0.4, -0.2) is 50.2 Å². The third kappa shape index (κ3) is 4.94. The second-order valence-corrected chi connectivity index (χ2v) is 4.37. The fraction of sp³-hybridized carbons (Fsp3) is 0.917. The molecule has 0 radical (unpaired) electrons. The van der Waals surface area contributed by atoms with Gasteiger partial charge in [0.05, 0.1) is 6.10 Å². The van der Waals surface area contributed by atoms with Crippen LogP contribution < -0.4 is 5.32 Å². The minimum absolute atomic E-state index is 0.204. The van der Waals surface area contributed by atoms with Crippen LogP contribution in [0.3, 0.4) is 0 Å². The molecule has 1 aliphatic rings. The van der Waals surface area contributed by atoms with Gasteiger partial charge in [-0.25, -0.2) is 0 Å². The van der Waals surface area contributed by atoms with Gasteiger partial charge in [0.2, 0.25) is 5.91 Å². The highest BCUT2D eigenvalue weighted by molar-refractivity contribution is 5.76. The Morgan fingerprint density at radius 1 is 1.50 bits per heavy atom. The molecule has 0 bridgehead atoms.